The summed E-state index contributed by atoms with van der Waals surface area (Å²) >= 11 is 0. The number of benzene rings is 3. The van der Waals surface area contributed by atoms with E-state index < -0.39 is 5.89 Å². The van der Waals surface area contributed by atoms with Crippen LogP contribution < -0.4 is 0 Å². The topological polar surface area (TPSA) is 48.3 Å². The molecule has 0 N–H and O–H groups in total. The second-order valence-electron chi connectivity index (χ2n) is 8.00. The van der Waals surface area contributed by atoms with E-state index in [0.717, 1.165) is 21.9 Å². The van der Waals surface area contributed by atoms with E-state index in [0.29, 0.717) is 16.7 Å². The quantitative estimate of drug-likeness (QED) is 0.109. The van der Waals surface area contributed by atoms with Crippen molar-refractivity contribution in [3.8, 4) is 11.3 Å². The van der Waals surface area contributed by atoms with Crippen molar-refractivity contribution in [1.29, 1.82) is 0 Å². The second kappa shape index (κ2) is 12.4. The number of aromatic nitrogens is 1. The molecule has 0 aliphatic rings. The van der Waals surface area contributed by atoms with E-state index in [1.807, 2.05) is 31.2 Å². The number of furan rings is 1. The number of aryl methyl sites for hydroxylation is 1. The molecule has 3 aromatic carbocycles. The van der Waals surface area contributed by atoms with E-state index in [1.165, 1.54) is 0 Å². The third kappa shape index (κ3) is 6.34. The minimum absolute atomic E-state index is 0. The number of rotatable bonds is 5. The molecule has 0 saturated carbocycles. The summed E-state index contributed by atoms with van der Waals surface area (Å²) in [6, 6.07) is 20.5. The summed E-state index contributed by atoms with van der Waals surface area (Å²) in [5.41, 5.74) is 3.12. The summed E-state index contributed by atoms with van der Waals surface area (Å²) in [7, 11) is 0. The average molecular weight is 655 g/mol. The molecule has 4 heteroatoms. The van der Waals surface area contributed by atoms with Crippen molar-refractivity contribution in [2.24, 2.45) is 5.89 Å². The Morgan fingerprint density at radius 3 is 2.72 bits per heavy atom. The Morgan fingerprint density at radius 1 is 1.14 bits per heavy atom. The zero-order valence-electron chi connectivity index (χ0n) is 27.0. The van der Waals surface area contributed by atoms with E-state index in [4.69, 9.17) is 14.0 Å². The molecule has 0 spiro atoms. The van der Waals surface area contributed by atoms with Crippen LogP contribution in [0.25, 0.3) is 38.6 Å². The summed E-state index contributed by atoms with van der Waals surface area (Å²) in [4.78, 5) is 4.02. The molecule has 5 aromatic rings. The molecule has 5 rings (SSSR count). The first kappa shape index (κ1) is 18.6. The maximum Gasteiger partial charge on any atom is 3.00 e. The van der Waals surface area contributed by atoms with Gasteiger partial charge >= 0.3 is 20.1 Å². The summed E-state index contributed by atoms with van der Waals surface area (Å²) in [6.45, 7) is 8.79. The average Bonchev–Trinajstić information content (AvgIpc) is 3.34. The van der Waals surface area contributed by atoms with Crippen LogP contribution in [0.1, 0.15) is 34.6 Å². The van der Waals surface area contributed by atoms with Gasteiger partial charge in [0.15, 0.2) is 0 Å². The van der Waals surface area contributed by atoms with Crippen LogP contribution in [0, 0.1) is 25.0 Å². The number of hydrogen-bond donors (Lipinski definition) is 0. The third-order valence-corrected chi connectivity index (χ3v) is 5.19. The van der Waals surface area contributed by atoms with Gasteiger partial charge < -0.3 is 14.8 Å². The van der Waals surface area contributed by atoms with Crippen LogP contribution in [0.3, 0.4) is 0 Å². The summed E-state index contributed by atoms with van der Waals surface area (Å²) in [5.74, 6) is -1.05. The first-order chi connectivity index (χ1) is 19.7. The van der Waals surface area contributed by atoms with Crippen LogP contribution >= 0.6 is 0 Å². The molecule has 0 aliphatic heterocycles. The van der Waals surface area contributed by atoms with Gasteiger partial charge in [-0.15, -0.1) is 54.6 Å². The molecular formula is C32H27IrN2O. The van der Waals surface area contributed by atoms with Crippen molar-refractivity contribution >= 4 is 27.7 Å². The molecule has 0 saturated heterocycles. The molecular weight excluding hydrogens is 621 g/mol. The van der Waals surface area contributed by atoms with Crippen molar-refractivity contribution in [3.63, 3.8) is 0 Å². The molecule has 0 amide bonds. The minimum atomic E-state index is -1.05. The van der Waals surface area contributed by atoms with Crippen LogP contribution in [0.4, 0.5) is 0 Å². The van der Waals surface area contributed by atoms with E-state index >= 15 is 0 Å². The minimum Gasteiger partial charge on any atom is -0.855 e. The smallest absolute Gasteiger partial charge is 0.855 e. The van der Waals surface area contributed by atoms with Crippen molar-refractivity contribution in [3.05, 3.63) is 132 Å². The van der Waals surface area contributed by atoms with Crippen molar-refractivity contribution in [2.45, 2.75) is 20.8 Å². The SMILES string of the molecule is [2H]/C(C(=C)C([2H])(C)C)=C(\[2H])C(=[N-])c1[c-]cccc1.[2H]c1nc(-c2[c-]ccc3c2oc2cc(C)ccc23)c([2H])c([2H])c1[2H].[Ir+3]. The number of fused-ring (bicyclic) bond motifs is 3. The maximum absolute atomic E-state index is 9.89. The van der Waals surface area contributed by atoms with Gasteiger partial charge in [0.1, 0.15) is 5.58 Å². The van der Waals surface area contributed by atoms with Gasteiger partial charge in [-0.2, -0.15) is 5.56 Å². The molecule has 36 heavy (non-hydrogen) atoms. The third-order valence-electron chi connectivity index (χ3n) is 5.19. The van der Waals surface area contributed by atoms with Gasteiger partial charge in [-0.3, -0.25) is 0 Å². The molecule has 0 aliphatic carbocycles. The van der Waals surface area contributed by atoms with Crippen LogP contribution in [0.2, 0.25) is 0 Å². The van der Waals surface area contributed by atoms with E-state index in [-0.39, 0.29) is 73.5 Å². The molecule has 0 radical (unpaired) electrons. The molecule has 0 fully saturated rings. The summed E-state index contributed by atoms with van der Waals surface area (Å²) in [6.07, 6.45) is -0.330. The summed E-state index contributed by atoms with van der Waals surface area (Å²) in [5, 5.41) is 11.7. The Kier molecular flexibility index (Phi) is 6.42. The number of allylic oxidation sites excluding steroid dienone is 3. The molecule has 0 atom stereocenters. The fourth-order valence-corrected chi connectivity index (χ4v) is 3.24. The molecule has 0 unspecified atom stereocenters. The van der Waals surface area contributed by atoms with Crippen molar-refractivity contribution < 1.29 is 34.1 Å². The van der Waals surface area contributed by atoms with Gasteiger partial charge in [-0.1, -0.05) is 67.2 Å². The Hall–Kier alpha value is -3.59. The van der Waals surface area contributed by atoms with Gasteiger partial charge in [0.05, 0.1) is 12.4 Å². The molecule has 0 bridgehead atoms. The monoisotopic (exact) mass is 655 g/mol. The fraction of sp³-hybridized carbons (Fsp3) is 0.125. The van der Waals surface area contributed by atoms with E-state index in [9.17, 15) is 5.41 Å². The molecule has 2 aromatic heterocycles. The zero-order valence-corrected chi connectivity index (χ0v) is 22.4. The molecule has 3 nitrogen and oxygen atoms in total. The Balaban J connectivity index is 0.000000241. The largest absolute Gasteiger partial charge is 3.00 e. The molecule has 180 valence electrons. The van der Waals surface area contributed by atoms with Gasteiger partial charge in [-0.05, 0) is 36.2 Å². The van der Waals surface area contributed by atoms with E-state index in [2.05, 4.69) is 23.7 Å². The number of hydrogen-bond acceptors (Lipinski definition) is 2. The van der Waals surface area contributed by atoms with Crippen LogP contribution in [-0.4, -0.2) is 10.7 Å². The zero-order chi connectivity index (χ0) is 30.9. The van der Waals surface area contributed by atoms with Crippen LogP contribution in [-0.2, 0) is 20.1 Å². The van der Waals surface area contributed by atoms with Gasteiger partial charge in [0.2, 0.25) is 0 Å². The standard InChI is InChI=1S/C18H12NO.C14H15N.Ir/c1-12-8-9-13-14-5-4-6-15(16-7-2-3-10-19-16)18(14)20-17(13)11-12;1-11(2)12(3)9-10-14(15)13-7-5-4-6-8-13;/h2-5,7-11H,1H3;4-7,9-11H,3H2,1-2H3;/q-1;-2;+3/b;10-9-;/i2D,3D,7D,10D;9D,10D,11D;. The first-order valence-corrected chi connectivity index (χ1v) is 10.9. The van der Waals surface area contributed by atoms with Crippen molar-refractivity contribution in [2.75, 3.05) is 0 Å². The second-order valence-corrected chi connectivity index (χ2v) is 8.00. The van der Waals surface area contributed by atoms with Gasteiger partial charge in [0.25, 0.3) is 0 Å². The normalized spacial score (nSPS) is 14.4. The molecule has 2 heterocycles. The predicted octanol–water partition coefficient (Wildman–Crippen LogP) is 8.37. The maximum atomic E-state index is 9.89. The van der Waals surface area contributed by atoms with Gasteiger partial charge in [0, 0.05) is 14.3 Å². The fourth-order valence-electron chi connectivity index (χ4n) is 3.24. The Labute approximate surface area is 236 Å². The van der Waals surface area contributed by atoms with Crippen LogP contribution in [0.5, 0.6) is 0 Å². The van der Waals surface area contributed by atoms with Crippen molar-refractivity contribution in [1.82, 2.24) is 4.98 Å². The Morgan fingerprint density at radius 2 is 1.97 bits per heavy atom. The van der Waals surface area contributed by atoms with Crippen LogP contribution in [0.15, 0.2) is 108 Å². The van der Waals surface area contributed by atoms with Gasteiger partial charge in [-0.25, -0.2) is 5.71 Å². The summed E-state index contributed by atoms with van der Waals surface area (Å²) < 4.78 is 60.6. The van der Waals surface area contributed by atoms with E-state index in [1.54, 1.807) is 44.2 Å². The Bertz CT molecular complexity index is 1880. The number of pyridine rings is 1. The predicted molar refractivity (Wildman–Crippen MR) is 146 cm³/mol. The first-order valence-electron chi connectivity index (χ1n) is 14.4. The number of nitrogens with zero attached hydrogens (tertiary/aromatic N) is 2.